The topological polar surface area (TPSA) is 97.1 Å². The Hall–Kier alpha value is -2.77. The van der Waals surface area contributed by atoms with Crippen molar-refractivity contribution in [2.45, 2.75) is 46.2 Å². The van der Waals surface area contributed by atoms with Gasteiger partial charge in [-0.3, -0.25) is 9.59 Å². The summed E-state index contributed by atoms with van der Waals surface area (Å²) in [4.78, 5) is 28.1. The molecule has 1 atom stereocenters. The molecule has 2 N–H and O–H groups in total. The molecule has 7 nitrogen and oxygen atoms in total. The second kappa shape index (κ2) is 7.63. The van der Waals surface area contributed by atoms with Crippen LogP contribution in [0.4, 0.5) is 4.39 Å². The van der Waals surface area contributed by atoms with Gasteiger partial charge in [0.2, 0.25) is 11.8 Å². The van der Waals surface area contributed by atoms with Crippen LogP contribution in [0.3, 0.4) is 0 Å². The minimum Gasteiger partial charge on any atom is -0.344 e. The van der Waals surface area contributed by atoms with Gasteiger partial charge in [-0.25, -0.2) is 4.39 Å². The van der Waals surface area contributed by atoms with Gasteiger partial charge in [-0.2, -0.15) is 4.98 Å². The van der Waals surface area contributed by atoms with E-state index in [0.29, 0.717) is 11.4 Å². The number of hydrogen-bond acceptors (Lipinski definition) is 5. The van der Waals surface area contributed by atoms with Crippen molar-refractivity contribution in [2.24, 2.45) is 5.92 Å². The Morgan fingerprint density at radius 3 is 2.35 bits per heavy atom. The van der Waals surface area contributed by atoms with Crippen LogP contribution in [0.5, 0.6) is 0 Å². The van der Waals surface area contributed by atoms with Crippen molar-refractivity contribution >= 4 is 11.8 Å². The fourth-order valence-electron chi connectivity index (χ4n) is 2.45. The lowest BCUT2D eigenvalue weighted by Gasteiger charge is -2.21. The molecule has 1 aromatic carbocycles. The quantitative estimate of drug-likeness (QED) is 0.823. The average molecular weight is 362 g/mol. The van der Waals surface area contributed by atoms with Crippen molar-refractivity contribution < 1.29 is 18.5 Å². The molecule has 0 aliphatic rings. The zero-order valence-electron chi connectivity index (χ0n) is 15.5. The summed E-state index contributed by atoms with van der Waals surface area (Å²) in [5.41, 5.74) is -0.480. The van der Waals surface area contributed by atoms with E-state index in [9.17, 15) is 14.0 Å². The van der Waals surface area contributed by atoms with Gasteiger partial charge in [0.15, 0.2) is 5.82 Å². The largest absolute Gasteiger partial charge is 0.344 e. The van der Waals surface area contributed by atoms with Crippen molar-refractivity contribution in [2.75, 3.05) is 0 Å². The SMILES string of the molecule is CC(=O)NC(C)(C)c1noc(C(NC(=O)c2ccc(F)cc2)C(C)C)n1. The Morgan fingerprint density at radius 2 is 1.81 bits per heavy atom. The van der Waals surface area contributed by atoms with E-state index < -0.39 is 17.4 Å². The van der Waals surface area contributed by atoms with Crippen molar-refractivity contribution in [1.29, 1.82) is 0 Å². The molecule has 26 heavy (non-hydrogen) atoms. The van der Waals surface area contributed by atoms with E-state index in [1.54, 1.807) is 13.8 Å². The number of carbonyl (C=O) groups excluding carboxylic acids is 2. The number of rotatable bonds is 6. The van der Waals surface area contributed by atoms with Gasteiger partial charge in [-0.05, 0) is 44.0 Å². The van der Waals surface area contributed by atoms with Crippen molar-refractivity contribution in [1.82, 2.24) is 20.8 Å². The molecule has 0 aliphatic carbocycles. The van der Waals surface area contributed by atoms with E-state index in [4.69, 9.17) is 4.52 Å². The summed E-state index contributed by atoms with van der Waals surface area (Å²) in [6.07, 6.45) is 0. The highest BCUT2D eigenvalue weighted by molar-refractivity contribution is 5.94. The molecule has 140 valence electrons. The third kappa shape index (κ3) is 4.65. The summed E-state index contributed by atoms with van der Waals surface area (Å²) in [5.74, 6) is -0.482. The first-order valence-electron chi connectivity index (χ1n) is 8.29. The number of carbonyl (C=O) groups is 2. The van der Waals surface area contributed by atoms with Gasteiger partial charge in [0.25, 0.3) is 5.91 Å². The maximum atomic E-state index is 13.0. The number of hydrogen-bond donors (Lipinski definition) is 2. The Balaban J connectivity index is 2.21. The van der Waals surface area contributed by atoms with Crippen LogP contribution in [-0.2, 0) is 10.3 Å². The van der Waals surface area contributed by atoms with Crippen LogP contribution in [0, 0.1) is 11.7 Å². The molecule has 0 saturated heterocycles. The molecule has 2 amide bonds. The highest BCUT2D eigenvalue weighted by atomic mass is 19.1. The number of halogens is 1. The summed E-state index contributed by atoms with van der Waals surface area (Å²) in [7, 11) is 0. The molecule has 0 spiro atoms. The Labute approximate surface area is 151 Å². The molecule has 0 aliphatic heterocycles. The Morgan fingerprint density at radius 1 is 1.19 bits per heavy atom. The molecule has 1 heterocycles. The molecule has 2 aromatic rings. The van der Waals surface area contributed by atoms with E-state index in [-0.39, 0.29) is 23.6 Å². The molecule has 0 bridgehead atoms. The van der Waals surface area contributed by atoms with Gasteiger partial charge in [-0.15, -0.1) is 0 Å². The summed E-state index contributed by atoms with van der Waals surface area (Å²) in [6.45, 7) is 8.72. The zero-order chi connectivity index (χ0) is 19.5. The second-order valence-electron chi connectivity index (χ2n) is 6.96. The first kappa shape index (κ1) is 19.6. The van der Waals surface area contributed by atoms with Crippen LogP contribution in [-0.4, -0.2) is 22.0 Å². The summed E-state index contributed by atoms with van der Waals surface area (Å²) in [6, 6.07) is 4.73. The van der Waals surface area contributed by atoms with Crippen molar-refractivity contribution in [3.63, 3.8) is 0 Å². The monoisotopic (exact) mass is 362 g/mol. The summed E-state index contributed by atoms with van der Waals surface area (Å²) in [5, 5.41) is 9.51. The Bertz CT molecular complexity index is 784. The van der Waals surface area contributed by atoms with Crippen LogP contribution < -0.4 is 10.6 Å². The maximum Gasteiger partial charge on any atom is 0.251 e. The van der Waals surface area contributed by atoms with Gasteiger partial charge < -0.3 is 15.2 Å². The van der Waals surface area contributed by atoms with Crippen LogP contribution in [0.1, 0.15) is 62.7 Å². The lowest BCUT2D eigenvalue weighted by atomic mass is 10.0. The van der Waals surface area contributed by atoms with E-state index in [0.717, 1.165) is 0 Å². The number of benzene rings is 1. The van der Waals surface area contributed by atoms with Gasteiger partial charge in [0, 0.05) is 12.5 Å². The van der Waals surface area contributed by atoms with Crippen LogP contribution in [0.15, 0.2) is 28.8 Å². The van der Waals surface area contributed by atoms with Crippen molar-refractivity contribution in [3.8, 4) is 0 Å². The third-order valence-corrected chi connectivity index (χ3v) is 3.82. The lowest BCUT2D eigenvalue weighted by molar-refractivity contribution is -0.120. The fourth-order valence-corrected chi connectivity index (χ4v) is 2.45. The van der Waals surface area contributed by atoms with E-state index in [2.05, 4.69) is 20.8 Å². The Kier molecular flexibility index (Phi) is 5.74. The van der Waals surface area contributed by atoms with Crippen molar-refractivity contribution in [3.05, 3.63) is 47.4 Å². The van der Waals surface area contributed by atoms with E-state index in [1.807, 2.05) is 13.8 Å². The molecule has 8 heteroatoms. The van der Waals surface area contributed by atoms with Gasteiger partial charge in [0.1, 0.15) is 11.9 Å². The molecule has 1 unspecified atom stereocenters. The minimum atomic E-state index is -0.809. The van der Waals surface area contributed by atoms with Crippen LogP contribution in [0.2, 0.25) is 0 Å². The highest BCUT2D eigenvalue weighted by Crippen LogP contribution is 2.24. The number of aromatic nitrogens is 2. The zero-order valence-corrected chi connectivity index (χ0v) is 15.5. The van der Waals surface area contributed by atoms with Gasteiger partial charge >= 0.3 is 0 Å². The molecule has 0 fully saturated rings. The number of nitrogens with zero attached hydrogens (tertiary/aromatic N) is 2. The fraction of sp³-hybridized carbons (Fsp3) is 0.444. The number of nitrogens with one attached hydrogen (secondary N) is 2. The van der Waals surface area contributed by atoms with Crippen LogP contribution >= 0.6 is 0 Å². The smallest absolute Gasteiger partial charge is 0.251 e. The predicted molar refractivity (Wildman–Crippen MR) is 92.6 cm³/mol. The molecule has 0 saturated carbocycles. The van der Waals surface area contributed by atoms with Gasteiger partial charge in [-0.1, -0.05) is 19.0 Å². The minimum absolute atomic E-state index is 0.0309. The summed E-state index contributed by atoms with van der Waals surface area (Å²) >= 11 is 0. The molecule has 0 radical (unpaired) electrons. The molecular formula is C18H23FN4O3. The third-order valence-electron chi connectivity index (χ3n) is 3.82. The average Bonchev–Trinajstić information content (AvgIpc) is 3.02. The standard InChI is InChI=1S/C18H23FN4O3/c1-10(2)14(20-15(25)12-6-8-13(19)9-7-12)16-21-17(23-26-16)18(4,5)22-11(3)24/h6-10,14H,1-5H3,(H,20,25)(H,22,24). The molecule has 1 aromatic heterocycles. The lowest BCUT2D eigenvalue weighted by Crippen LogP contribution is -2.40. The number of amides is 2. The van der Waals surface area contributed by atoms with Crippen LogP contribution in [0.25, 0.3) is 0 Å². The normalized spacial score (nSPS) is 12.7. The van der Waals surface area contributed by atoms with Gasteiger partial charge in [0.05, 0.1) is 5.54 Å². The summed E-state index contributed by atoms with van der Waals surface area (Å²) < 4.78 is 18.3. The first-order valence-corrected chi connectivity index (χ1v) is 8.29. The predicted octanol–water partition coefficient (Wildman–Crippen LogP) is 2.71. The molecular weight excluding hydrogens is 339 g/mol. The first-order chi connectivity index (χ1) is 12.1. The maximum absolute atomic E-state index is 13.0. The molecule has 2 rings (SSSR count). The van der Waals surface area contributed by atoms with E-state index >= 15 is 0 Å². The highest BCUT2D eigenvalue weighted by Gasteiger charge is 2.31. The second-order valence-corrected chi connectivity index (χ2v) is 6.96. The van der Waals surface area contributed by atoms with E-state index in [1.165, 1.54) is 31.2 Å².